The zero-order valence-corrected chi connectivity index (χ0v) is 16.2. The maximum Gasteiger partial charge on any atom is 0.229 e. The first-order valence-electron chi connectivity index (χ1n) is 9.60. The molecule has 1 saturated heterocycles. The highest BCUT2D eigenvalue weighted by molar-refractivity contribution is 6.06. The molecular weight excluding hydrogens is 412 g/mol. The predicted octanol–water partition coefficient (Wildman–Crippen LogP) is -0.365. The summed E-state index contributed by atoms with van der Waals surface area (Å²) in [6, 6.07) is 8.58. The van der Waals surface area contributed by atoms with E-state index in [0.29, 0.717) is 5.56 Å². The number of aliphatic hydroxyl groups excluding tert-OH is 4. The van der Waals surface area contributed by atoms with Gasteiger partial charge in [0.15, 0.2) is 5.78 Å². The molecule has 0 bridgehead atoms. The highest BCUT2D eigenvalue weighted by Gasteiger charge is 2.45. The minimum atomic E-state index is -1.63. The van der Waals surface area contributed by atoms with Crippen LogP contribution in [0.25, 0.3) is 0 Å². The smallest absolute Gasteiger partial charge is 0.229 e. The monoisotopic (exact) mass is 434 g/mol. The molecule has 0 amide bonds. The molecule has 0 aliphatic carbocycles. The number of phenolic OH excluding ortho intramolecular Hbond substituents is 2. The summed E-state index contributed by atoms with van der Waals surface area (Å²) in [5.41, 5.74) is 0.583. The van der Waals surface area contributed by atoms with Gasteiger partial charge in [-0.2, -0.15) is 0 Å². The van der Waals surface area contributed by atoms with Crippen LogP contribution in [0.5, 0.6) is 23.0 Å². The summed E-state index contributed by atoms with van der Waals surface area (Å²) in [5.74, 6) is -1.34. The van der Waals surface area contributed by atoms with Crippen LogP contribution in [-0.4, -0.2) is 80.3 Å². The van der Waals surface area contributed by atoms with Crippen molar-refractivity contribution in [1.29, 1.82) is 0 Å². The van der Waals surface area contributed by atoms with Gasteiger partial charge in [0.2, 0.25) is 6.29 Å². The van der Waals surface area contributed by atoms with Gasteiger partial charge in [0.05, 0.1) is 12.5 Å². The quantitative estimate of drug-likeness (QED) is 0.374. The number of ether oxygens (including phenoxy) is 3. The van der Waals surface area contributed by atoms with E-state index in [0.717, 1.165) is 6.07 Å². The topological polar surface area (TPSA) is 166 Å². The first-order chi connectivity index (χ1) is 14.8. The van der Waals surface area contributed by atoms with Gasteiger partial charge in [-0.15, -0.1) is 0 Å². The van der Waals surface area contributed by atoms with Crippen LogP contribution in [0.3, 0.4) is 0 Å². The van der Waals surface area contributed by atoms with Crippen LogP contribution in [0, 0.1) is 0 Å². The normalized spacial score (nSPS) is 30.4. The third-order valence-corrected chi connectivity index (χ3v) is 5.42. The molecule has 10 heteroatoms. The van der Waals surface area contributed by atoms with Crippen molar-refractivity contribution in [2.45, 2.75) is 36.6 Å². The Morgan fingerprint density at radius 1 is 1.00 bits per heavy atom. The van der Waals surface area contributed by atoms with Crippen molar-refractivity contribution >= 4 is 5.78 Å². The fourth-order valence-corrected chi connectivity index (χ4v) is 3.68. The summed E-state index contributed by atoms with van der Waals surface area (Å²) in [6.45, 7) is -0.615. The Labute approximate surface area is 176 Å². The molecule has 4 unspecified atom stereocenters. The van der Waals surface area contributed by atoms with Gasteiger partial charge in [-0.1, -0.05) is 12.1 Å². The van der Waals surface area contributed by atoms with Gasteiger partial charge in [0, 0.05) is 12.1 Å². The highest BCUT2D eigenvalue weighted by Crippen LogP contribution is 2.41. The number of Topliss-reactive ketones (excluding diaryl/α,β-unsaturated/α-hetero) is 1. The SMILES string of the molecule is O=C1c2c(O)cc(O[C@@H]3OC(CO)[C@@H](O)C(O)C3O)cc2OCC1c1ccc(O)cc1. The number of carbonyl (C=O) groups excluding carboxylic acids is 1. The molecule has 0 saturated carbocycles. The van der Waals surface area contributed by atoms with Crippen LogP contribution < -0.4 is 9.47 Å². The number of aliphatic hydroxyl groups is 4. The minimum Gasteiger partial charge on any atom is -0.508 e. The molecule has 10 nitrogen and oxygen atoms in total. The minimum absolute atomic E-state index is 0.000448. The van der Waals surface area contributed by atoms with Gasteiger partial charge in [-0.3, -0.25) is 4.79 Å². The summed E-state index contributed by atoms with van der Waals surface area (Å²) in [5, 5.41) is 59.0. The second-order valence-corrected chi connectivity index (χ2v) is 7.45. The zero-order chi connectivity index (χ0) is 22.3. The predicted molar refractivity (Wildman–Crippen MR) is 103 cm³/mol. The zero-order valence-electron chi connectivity index (χ0n) is 16.2. The second-order valence-electron chi connectivity index (χ2n) is 7.45. The lowest BCUT2D eigenvalue weighted by Gasteiger charge is -2.39. The van der Waals surface area contributed by atoms with Crippen molar-refractivity contribution in [2.75, 3.05) is 13.2 Å². The molecule has 0 aromatic heterocycles. The third kappa shape index (κ3) is 3.91. The third-order valence-electron chi connectivity index (χ3n) is 5.42. The van der Waals surface area contributed by atoms with E-state index in [1.807, 2.05) is 0 Å². The van der Waals surface area contributed by atoms with Gasteiger partial charge in [-0.05, 0) is 17.7 Å². The summed E-state index contributed by atoms with van der Waals surface area (Å²) in [4.78, 5) is 12.9. The Morgan fingerprint density at radius 2 is 1.71 bits per heavy atom. The molecule has 166 valence electrons. The number of hydrogen-bond donors (Lipinski definition) is 6. The number of fused-ring (bicyclic) bond motifs is 1. The first-order valence-corrected chi connectivity index (χ1v) is 9.60. The van der Waals surface area contributed by atoms with E-state index < -0.39 is 49.0 Å². The van der Waals surface area contributed by atoms with E-state index in [4.69, 9.17) is 14.2 Å². The van der Waals surface area contributed by atoms with Gasteiger partial charge in [0.25, 0.3) is 0 Å². The average molecular weight is 434 g/mol. The summed E-state index contributed by atoms with van der Waals surface area (Å²) in [7, 11) is 0. The summed E-state index contributed by atoms with van der Waals surface area (Å²) >= 11 is 0. The summed E-state index contributed by atoms with van der Waals surface area (Å²) in [6.07, 6.45) is -7.38. The maximum atomic E-state index is 12.9. The van der Waals surface area contributed by atoms with Crippen molar-refractivity contribution in [1.82, 2.24) is 0 Å². The number of benzene rings is 2. The molecule has 2 aliphatic heterocycles. The van der Waals surface area contributed by atoms with E-state index in [1.54, 1.807) is 12.1 Å². The highest BCUT2D eigenvalue weighted by atomic mass is 16.7. The lowest BCUT2D eigenvalue weighted by atomic mass is 9.88. The Morgan fingerprint density at radius 3 is 2.39 bits per heavy atom. The summed E-state index contributed by atoms with van der Waals surface area (Å²) < 4.78 is 16.4. The van der Waals surface area contributed by atoms with E-state index in [-0.39, 0.29) is 35.2 Å². The number of carbonyl (C=O) groups is 1. The van der Waals surface area contributed by atoms with E-state index >= 15 is 0 Å². The molecule has 1 fully saturated rings. The molecule has 2 aromatic rings. The molecule has 0 radical (unpaired) electrons. The van der Waals surface area contributed by atoms with Crippen molar-refractivity contribution in [3.63, 3.8) is 0 Å². The van der Waals surface area contributed by atoms with Crippen LogP contribution >= 0.6 is 0 Å². The van der Waals surface area contributed by atoms with Crippen LogP contribution in [0.2, 0.25) is 0 Å². The first kappa shape index (κ1) is 21.3. The Bertz CT molecular complexity index is 957. The fourth-order valence-electron chi connectivity index (χ4n) is 3.68. The van der Waals surface area contributed by atoms with Crippen LogP contribution in [0.1, 0.15) is 21.8 Å². The largest absolute Gasteiger partial charge is 0.508 e. The lowest BCUT2D eigenvalue weighted by molar-refractivity contribution is -0.277. The lowest BCUT2D eigenvalue weighted by Crippen LogP contribution is -2.60. The fraction of sp³-hybridized carbons (Fsp3) is 0.381. The van der Waals surface area contributed by atoms with E-state index in [9.17, 15) is 35.4 Å². The number of phenols is 2. The molecule has 2 heterocycles. The van der Waals surface area contributed by atoms with Gasteiger partial charge in [0.1, 0.15) is 59.6 Å². The van der Waals surface area contributed by atoms with Crippen molar-refractivity contribution in [3.05, 3.63) is 47.5 Å². The molecule has 6 atom stereocenters. The number of hydrogen-bond acceptors (Lipinski definition) is 10. The maximum absolute atomic E-state index is 12.9. The van der Waals surface area contributed by atoms with Crippen LogP contribution in [0.4, 0.5) is 0 Å². The second kappa shape index (κ2) is 8.33. The molecule has 4 rings (SSSR count). The van der Waals surface area contributed by atoms with Crippen molar-refractivity contribution < 1.29 is 49.6 Å². The molecule has 2 aromatic carbocycles. The van der Waals surface area contributed by atoms with Gasteiger partial charge in [-0.25, -0.2) is 0 Å². The van der Waals surface area contributed by atoms with Crippen molar-refractivity contribution in [2.24, 2.45) is 0 Å². The Balaban J connectivity index is 1.57. The Hall–Kier alpha value is -2.89. The average Bonchev–Trinajstić information content (AvgIpc) is 2.75. The molecule has 2 aliphatic rings. The van der Waals surface area contributed by atoms with E-state index in [1.165, 1.54) is 18.2 Å². The van der Waals surface area contributed by atoms with Crippen LogP contribution in [0.15, 0.2) is 36.4 Å². The molecule has 31 heavy (non-hydrogen) atoms. The molecule has 0 spiro atoms. The van der Waals surface area contributed by atoms with Gasteiger partial charge >= 0.3 is 0 Å². The van der Waals surface area contributed by atoms with Crippen LogP contribution in [-0.2, 0) is 4.74 Å². The molecular formula is C21H22O10. The molecule has 6 N–H and O–H groups in total. The number of ketones is 1. The number of aromatic hydroxyl groups is 2. The number of rotatable bonds is 4. The van der Waals surface area contributed by atoms with E-state index in [2.05, 4.69) is 0 Å². The van der Waals surface area contributed by atoms with Gasteiger partial charge < -0.3 is 44.8 Å². The Kier molecular flexibility index (Phi) is 5.73. The van der Waals surface area contributed by atoms with Crippen molar-refractivity contribution in [3.8, 4) is 23.0 Å². The standard InChI is InChI=1S/C21H22O10/c22-7-15-18(26)19(27)20(28)21(31-15)30-11-5-13(24)16-14(6-11)29-8-12(17(16)25)9-1-3-10(23)4-2-9/h1-6,12,15,18-24,26-28H,7-8H2/t12?,15?,18-,19?,20?,21-/m1/s1.